The molecule has 1 atom stereocenters. The van der Waals surface area contributed by atoms with Crippen LogP contribution in [0.4, 0.5) is 20.6 Å². The van der Waals surface area contributed by atoms with Crippen molar-refractivity contribution in [2.24, 2.45) is 0 Å². The Bertz CT molecular complexity index is 917. The number of carbonyl (C=O) groups is 1. The van der Waals surface area contributed by atoms with Crippen LogP contribution < -0.4 is 9.96 Å². The highest BCUT2D eigenvalue weighted by Crippen LogP contribution is 2.39. The van der Waals surface area contributed by atoms with Crippen molar-refractivity contribution in [3.63, 3.8) is 0 Å². The van der Waals surface area contributed by atoms with Crippen LogP contribution in [-0.4, -0.2) is 6.09 Å². The molecule has 1 aliphatic rings. The Labute approximate surface area is 154 Å². The lowest BCUT2D eigenvalue weighted by atomic mass is 10.1. The molecule has 6 heteroatoms. The Hall–Kier alpha value is -3.05. The molecule has 0 radical (unpaired) electrons. The predicted molar refractivity (Wildman–Crippen MR) is 98.5 cm³/mol. The molecule has 4 nitrogen and oxygen atoms in total. The lowest BCUT2D eigenvalue weighted by Crippen LogP contribution is -2.31. The van der Waals surface area contributed by atoms with E-state index < -0.39 is 12.3 Å². The van der Waals surface area contributed by atoms with Gasteiger partial charge in [0.1, 0.15) is 5.82 Å². The molecule has 26 heavy (non-hydrogen) atoms. The van der Waals surface area contributed by atoms with E-state index >= 15 is 0 Å². The molecule has 130 valence electrons. The number of halogens is 2. The average Bonchev–Trinajstić information content (AvgIpc) is 3.01. The van der Waals surface area contributed by atoms with Crippen molar-refractivity contribution in [1.29, 1.82) is 0 Å². The zero-order chi connectivity index (χ0) is 18.1. The summed E-state index contributed by atoms with van der Waals surface area (Å²) in [4.78, 5) is 19.7. The fourth-order valence-corrected chi connectivity index (χ4v) is 3.05. The van der Waals surface area contributed by atoms with Crippen LogP contribution in [0.3, 0.4) is 0 Å². The van der Waals surface area contributed by atoms with E-state index in [4.69, 9.17) is 16.4 Å². The van der Waals surface area contributed by atoms with E-state index in [1.165, 1.54) is 22.1 Å². The van der Waals surface area contributed by atoms with E-state index in [9.17, 15) is 9.18 Å². The maximum atomic E-state index is 13.4. The van der Waals surface area contributed by atoms with Crippen LogP contribution in [-0.2, 0) is 4.84 Å². The van der Waals surface area contributed by atoms with Crippen molar-refractivity contribution >= 4 is 29.1 Å². The lowest BCUT2D eigenvalue weighted by Gasteiger charge is -2.27. The van der Waals surface area contributed by atoms with Gasteiger partial charge >= 0.3 is 6.09 Å². The number of para-hydroxylation sites is 1. The van der Waals surface area contributed by atoms with E-state index in [0.717, 1.165) is 5.56 Å². The molecule has 0 N–H and O–H groups in total. The fraction of sp³-hybridized carbons (Fsp3) is 0.0500. The minimum atomic E-state index is -0.577. The third kappa shape index (κ3) is 2.97. The smallest absolute Gasteiger partial charge is 0.319 e. The Morgan fingerprint density at radius 3 is 2.15 bits per heavy atom. The summed E-state index contributed by atoms with van der Waals surface area (Å²) in [5.74, 6) is -0.344. The molecule has 0 unspecified atom stereocenters. The monoisotopic (exact) mass is 368 g/mol. The Morgan fingerprint density at radius 2 is 1.50 bits per heavy atom. The molecule has 0 aromatic heterocycles. The number of hydrogen-bond donors (Lipinski definition) is 0. The zero-order valence-electron chi connectivity index (χ0n) is 13.5. The number of hydrogen-bond acceptors (Lipinski definition) is 3. The molecule has 3 aromatic rings. The summed E-state index contributed by atoms with van der Waals surface area (Å²) in [6.45, 7) is 0. The Kier molecular flexibility index (Phi) is 4.22. The van der Waals surface area contributed by atoms with Crippen molar-refractivity contribution in [2.75, 3.05) is 9.96 Å². The number of rotatable bonds is 3. The van der Waals surface area contributed by atoms with Gasteiger partial charge in [-0.1, -0.05) is 41.9 Å². The minimum absolute atomic E-state index is 0.344. The SMILES string of the molecule is O=C1ON(c2ccccc2)[C@@H](c2ccc(F)cc2)N1c1ccc(Cl)cc1. The van der Waals surface area contributed by atoms with Gasteiger partial charge in [0, 0.05) is 10.7 Å². The van der Waals surface area contributed by atoms with Crippen LogP contribution in [0.1, 0.15) is 11.7 Å². The van der Waals surface area contributed by atoms with Gasteiger partial charge < -0.3 is 4.84 Å². The van der Waals surface area contributed by atoms with Crippen molar-refractivity contribution < 1.29 is 14.0 Å². The molecule has 0 bridgehead atoms. The van der Waals surface area contributed by atoms with Gasteiger partial charge in [0.25, 0.3) is 0 Å². The van der Waals surface area contributed by atoms with Crippen LogP contribution >= 0.6 is 11.6 Å². The fourth-order valence-electron chi connectivity index (χ4n) is 2.92. The first-order chi connectivity index (χ1) is 12.6. The Balaban J connectivity index is 1.82. The van der Waals surface area contributed by atoms with Crippen LogP contribution in [0.5, 0.6) is 0 Å². The summed E-state index contributed by atoms with van der Waals surface area (Å²) in [7, 11) is 0. The zero-order valence-corrected chi connectivity index (χ0v) is 14.3. The number of nitrogens with zero attached hydrogens (tertiary/aromatic N) is 2. The molecule has 1 fully saturated rings. The second kappa shape index (κ2) is 6.69. The van der Waals surface area contributed by atoms with Gasteiger partial charge in [0.05, 0.1) is 5.69 Å². The molecule has 1 heterocycles. The summed E-state index contributed by atoms with van der Waals surface area (Å²) < 4.78 is 13.4. The van der Waals surface area contributed by atoms with Gasteiger partial charge in [0.2, 0.25) is 0 Å². The molecule has 3 aromatic carbocycles. The highest BCUT2D eigenvalue weighted by Gasteiger charge is 2.42. The standard InChI is InChI=1S/C20H14ClFN2O2/c21-15-8-12-17(13-9-15)23-19(14-6-10-16(22)11-7-14)24(26-20(23)25)18-4-2-1-3-5-18/h1-13,19H/t19-/m0/s1. The van der Waals surface area contributed by atoms with E-state index in [1.54, 1.807) is 36.4 Å². The second-order valence-electron chi connectivity index (χ2n) is 5.79. The maximum Gasteiger partial charge on any atom is 0.440 e. The molecule has 1 saturated heterocycles. The summed E-state index contributed by atoms with van der Waals surface area (Å²) in [6, 6.07) is 22.2. The highest BCUT2D eigenvalue weighted by molar-refractivity contribution is 6.30. The van der Waals surface area contributed by atoms with Gasteiger partial charge in [-0.2, -0.15) is 5.06 Å². The van der Waals surface area contributed by atoms with Crippen LogP contribution in [0, 0.1) is 5.82 Å². The number of hydroxylamine groups is 1. The van der Waals surface area contributed by atoms with Gasteiger partial charge in [0.15, 0.2) is 6.17 Å². The quantitative estimate of drug-likeness (QED) is 0.607. The van der Waals surface area contributed by atoms with E-state index in [-0.39, 0.29) is 5.82 Å². The van der Waals surface area contributed by atoms with Crippen LogP contribution in [0.2, 0.25) is 5.02 Å². The lowest BCUT2D eigenvalue weighted by molar-refractivity contribution is 0.164. The van der Waals surface area contributed by atoms with Crippen molar-refractivity contribution in [2.45, 2.75) is 6.17 Å². The molecular formula is C20H14ClFN2O2. The summed E-state index contributed by atoms with van der Waals surface area (Å²) >= 11 is 5.96. The first-order valence-corrected chi connectivity index (χ1v) is 8.38. The normalized spacial score (nSPS) is 16.7. The number of benzene rings is 3. The molecule has 0 saturated carbocycles. The number of carbonyl (C=O) groups excluding carboxylic acids is 1. The van der Waals surface area contributed by atoms with Crippen molar-refractivity contribution in [3.8, 4) is 0 Å². The van der Waals surface area contributed by atoms with Crippen LogP contribution in [0.25, 0.3) is 0 Å². The number of anilines is 2. The average molecular weight is 369 g/mol. The molecule has 0 aliphatic carbocycles. The second-order valence-corrected chi connectivity index (χ2v) is 6.23. The minimum Gasteiger partial charge on any atom is -0.319 e. The summed E-state index contributed by atoms with van der Waals surface area (Å²) in [5.41, 5.74) is 2.06. The Morgan fingerprint density at radius 1 is 0.846 bits per heavy atom. The van der Waals surface area contributed by atoms with Crippen molar-refractivity contribution in [3.05, 3.63) is 95.3 Å². The van der Waals surface area contributed by atoms with Gasteiger partial charge in [-0.25, -0.2) is 14.1 Å². The van der Waals surface area contributed by atoms with Crippen molar-refractivity contribution in [1.82, 2.24) is 0 Å². The van der Waals surface area contributed by atoms with E-state index in [0.29, 0.717) is 16.4 Å². The maximum absolute atomic E-state index is 13.4. The van der Waals surface area contributed by atoms with E-state index in [2.05, 4.69) is 0 Å². The number of amides is 1. The molecule has 4 rings (SSSR count). The van der Waals surface area contributed by atoms with E-state index in [1.807, 2.05) is 30.3 Å². The first-order valence-electron chi connectivity index (χ1n) is 8.00. The van der Waals surface area contributed by atoms with Gasteiger partial charge in [-0.05, 0) is 54.1 Å². The summed E-state index contributed by atoms with van der Waals surface area (Å²) in [6.07, 6.45) is -1.10. The molecular weight excluding hydrogens is 355 g/mol. The highest BCUT2D eigenvalue weighted by atomic mass is 35.5. The third-order valence-electron chi connectivity index (χ3n) is 4.12. The largest absolute Gasteiger partial charge is 0.440 e. The molecule has 1 amide bonds. The van der Waals surface area contributed by atoms with Gasteiger partial charge in [-0.15, -0.1) is 0 Å². The summed E-state index contributed by atoms with van der Waals surface area (Å²) in [5, 5.41) is 2.09. The predicted octanol–water partition coefficient (Wildman–Crippen LogP) is 5.56. The molecule has 0 spiro atoms. The van der Waals surface area contributed by atoms with Gasteiger partial charge in [-0.3, -0.25) is 0 Å². The third-order valence-corrected chi connectivity index (χ3v) is 4.38. The molecule has 1 aliphatic heterocycles. The first kappa shape index (κ1) is 16.4. The topological polar surface area (TPSA) is 32.8 Å². The van der Waals surface area contributed by atoms with Crippen LogP contribution in [0.15, 0.2) is 78.9 Å².